The van der Waals surface area contributed by atoms with Crippen molar-refractivity contribution in [3.8, 4) is 5.75 Å². The number of nitrogens with one attached hydrogen (secondary N) is 1. The molecule has 1 aliphatic heterocycles. The minimum Gasteiger partial charge on any atom is -0.481 e. The topological polar surface area (TPSA) is 111 Å². The van der Waals surface area contributed by atoms with E-state index in [1.165, 1.54) is 19.3 Å². The number of methoxy groups -OCH3 is 1. The van der Waals surface area contributed by atoms with Gasteiger partial charge >= 0.3 is 5.97 Å². The zero-order valence-electron chi connectivity index (χ0n) is 21.7. The van der Waals surface area contributed by atoms with Crippen LogP contribution in [0.4, 0.5) is 4.39 Å². The predicted octanol–water partition coefficient (Wildman–Crippen LogP) is 4.57. The second kappa shape index (κ2) is 11.1. The highest BCUT2D eigenvalue weighted by molar-refractivity contribution is 6.33. The lowest BCUT2D eigenvalue weighted by atomic mass is 9.81. The lowest BCUT2D eigenvalue weighted by molar-refractivity contribution is -0.142. The second-order valence-electron chi connectivity index (χ2n) is 10.5. The maximum atomic E-state index is 15.9. The van der Waals surface area contributed by atoms with Gasteiger partial charge in [-0.1, -0.05) is 54.1 Å². The molecule has 0 saturated heterocycles. The first-order valence-electron chi connectivity index (χ1n) is 13.2. The highest BCUT2D eigenvalue weighted by Crippen LogP contribution is 2.49. The molecule has 9 heteroatoms. The summed E-state index contributed by atoms with van der Waals surface area (Å²) in [6, 6.07) is 13.4. The average Bonchev–Trinajstić information content (AvgIpc) is 3.33. The Labute approximate surface area is 231 Å². The van der Waals surface area contributed by atoms with Crippen LogP contribution in [-0.2, 0) is 26.3 Å². The summed E-state index contributed by atoms with van der Waals surface area (Å²) in [4.78, 5) is 23.8. The fraction of sp³-hybridized carbons (Fsp3) is 0.400. The third kappa shape index (κ3) is 5.21. The van der Waals surface area contributed by atoms with Crippen LogP contribution >= 0.6 is 11.6 Å². The van der Waals surface area contributed by atoms with Gasteiger partial charge in [-0.2, -0.15) is 0 Å². The molecule has 39 heavy (non-hydrogen) atoms. The van der Waals surface area contributed by atoms with E-state index < -0.39 is 29.8 Å². The van der Waals surface area contributed by atoms with Crippen LogP contribution in [0.1, 0.15) is 42.4 Å². The van der Waals surface area contributed by atoms with Gasteiger partial charge in [-0.25, -0.2) is 4.39 Å². The first-order chi connectivity index (χ1) is 18.7. The number of hydrogen-bond acceptors (Lipinski definition) is 5. The van der Waals surface area contributed by atoms with E-state index in [-0.39, 0.29) is 23.1 Å². The molecule has 7 nitrogen and oxygen atoms in total. The molecule has 1 amide bonds. The molecule has 0 radical (unpaired) electrons. The van der Waals surface area contributed by atoms with Crippen molar-refractivity contribution in [1.29, 1.82) is 0 Å². The first-order valence-corrected chi connectivity index (χ1v) is 13.5. The molecule has 2 aromatic rings. The number of amides is 1. The third-order valence-electron chi connectivity index (χ3n) is 8.15. The molecule has 1 heterocycles. The van der Waals surface area contributed by atoms with E-state index in [9.17, 15) is 14.7 Å². The number of carbonyl (C=O) groups excluding carboxylic acids is 1. The quantitative estimate of drug-likeness (QED) is 0.441. The van der Waals surface area contributed by atoms with Gasteiger partial charge in [0.2, 0.25) is 5.91 Å². The molecule has 1 fully saturated rings. The molecule has 3 aliphatic rings. The van der Waals surface area contributed by atoms with Crippen molar-refractivity contribution >= 4 is 29.1 Å². The normalized spacial score (nSPS) is 28.2. The first kappa shape index (κ1) is 27.4. The average molecular weight is 555 g/mol. The molecule has 1 saturated carbocycles. The number of carboxylic acids is 1. The highest BCUT2D eigenvalue weighted by Gasteiger charge is 2.45. The van der Waals surface area contributed by atoms with Crippen molar-refractivity contribution in [2.24, 2.45) is 11.7 Å². The number of nitrogens with two attached hydrogens (primary N) is 1. The number of alkyl halides is 1. The van der Waals surface area contributed by atoms with Gasteiger partial charge in [0.05, 0.1) is 5.92 Å². The number of carbonyl (C=O) groups is 2. The van der Waals surface area contributed by atoms with Crippen molar-refractivity contribution in [2.75, 3.05) is 13.7 Å². The summed E-state index contributed by atoms with van der Waals surface area (Å²) < 4.78 is 27.8. The molecule has 0 bridgehead atoms. The van der Waals surface area contributed by atoms with Crippen LogP contribution in [0.5, 0.6) is 5.75 Å². The molecule has 206 valence electrons. The number of halogens is 2. The Balaban J connectivity index is 1.52. The van der Waals surface area contributed by atoms with Crippen LogP contribution in [-0.4, -0.2) is 49.0 Å². The van der Waals surface area contributed by atoms with Crippen molar-refractivity contribution in [3.05, 3.63) is 81.9 Å². The molecule has 0 aromatic heterocycles. The lowest BCUT2D eigenvalue weighted by Gasteiger charge is -2.34. The van der Waals surface area contributed by atoms with Gasteiger partial charge < -0.3 is 25.6 Å². The Morgan fingerprint density at radius 2 is 1.90 bits per heavy atom. The number of hydrogen-bond donors (Lipinski definition) is 3. The largest absolute Gasteiger partial charge is 0.481 e. The van der Waals surface area contributed by atoms with Crippen molar-refractivity contribution in [2.45, 2.75) is 56.0 Å². The molecule has 0 spiro atoms. The SMILES string of the molecule is COC1C=CC(C(N)=O)=C(c2c(Cl)ccc3c2C[C@@](CN[C@H]2CC[C@H](C(=O)O)CC2)(c2ccccc2)O3)C1F. The lowest BCUT2D eigenvalue weighted by Crippen LogP contribution is -2.47. The van der Waals surface area contributed by atoms with Crippen molar-refractivity contribution in [1.82, 2.24) is 5.32 Å². The summed E-state index contributed by atoms with van der Waals surface area (Å²) in [5.41, 5.74) is 7.04. The van der Waals surface area contributed by atoms with Gasteiger partial charge in [0, 0.05) is 53.4 Å². The van der Waals surface area contributed by atoms with Crippen LogP contribution in [0, 0.1) is 5.92 Å². The fourth-order valence-electron chi connectivity index (χ4n) is 6.03. The summed E-state index contributed by atoms with van der Waals surface area (Å²) in [6.07, 6.45) is 3.59. The molecule has 2 aliphatic carbocycles. The number of benzene rings is 2. The minimum absolute atomic E-state index is 0.0524. The van der Waals surface area contributed by atoms with E-state index in [4.69, 9.17) is 26.8 Å². The van der Waals surface area contributed by atoms with E-state index in [2.05, 4.69) is 5.32 Å². The number of primary amides is 1. The van der Waals surface area contributed by atoms with E-state index in [1.807, 2.05) is 30.3 Å². The Morgan fingerprint density at radius 1 is 1.18 bits per heavy atom. The summed E-state index contributed by atoms with van der Waals surface area (Å²) in [5, 5.41) is 13.3. The zero-order chi connectivity index (χ0) is 27.7. The number of fused-ring (bicyclic) bond motifs is 1. The maximum absolute atomic E-state index is 15.9. The van der Waals surface area contributed by atoms with Gasteiger partial charge in [0.25, 0.3) is 0 Å². The maximum Gasteiger partial charge on any atom is 0.306 e. The van der Waals surface area contributed by atoms with Gasteiger partial charge in [-0.3, -0.25) is 9.59 Å². The molecular formula is C30H32ClFN2O5. The van der Waals surface area contributed by atoms with E-state index in [0.717, 1.165) is 18.4 Å². The van der Waals surface area contributed by atoms with Crippen LogP contribution < -0.4 is 15.8 Å². The Bertz CT molecular complexity index is 1320. The predicted molar refractivity (Wildman–Crippen MR) is 146 cm³/mol. The Kier molecular flexibility index (Phi) is 7.80. The summed E-state index contributed by atoms with van der Waals surface area (Å²) in [7, 11) is 1.41. The number of rotatable bonds is 8. The Hall–Kier alpha value is -3.20. The van der Waals surface area contributed by atoms with Gasteiger partial charge in [0.1, 0.15) is 11.9 Å². The molecule has 5 rings (SSSR count). The van der Waals surface area contributed by atoms with Crippen LogP contribution in [0.2, 0.25) is 5.02 Å². The van der Waals surface area contributed by atoms with Crippen LogP contribution in [0.25, 0.3) is 5.57 Å². The van der Waals surface area contributed by atoms with Gasteiger partial charge in [-0.05, 0) is 43.4 Å². The monoisotopic (exact) mass is 554 g/mol. The van der Waals surface area contributed by atoms with Crippen LogP contribution in [0.3, 0.4) is 0 Å². The van der Waals surface area contributed by atoms with E-state index in [0.29, 0.717) is 47.7 Å². The van der Waals surface area contributed by atoms with Crippen molar-refractivity contribution < 1.29 is 28.6 Å². The number of aliphatic carboxylic acids is 1. The summed E-state index contributed by atoms with van der Waals surface area (Å²) in [5.74, 6) is -1.23. The highest BCUT2D eigenvalue weighted by atomic mass is 35.5. The van der Waals surface area contributed by atoms with Gasteiger partial charge in [-0.15, -0.1) is 0 Å². The molecule has 2 aromatic carbocycles. The van der Waals surface area contributed by atoms with E-state index >= 15 is 4.39 Å². The zero-order valence-corrected chi connectivity index (χ0v) is 22.4. The Morgan fingerprint density at radius 3 is 2.54 bits per heavy atom. The molecule has 4 N–H and O–H groups in total. The summed E-state index contributed by atoms with van der Waals surface area (Å²) >= 11 is 6.71. The van der Waals surface area contributed by atoms with Crippen molar-refractivity contribution in [3.63, 3.8) is 0 Å². The van der Waals surface area contributed by atoms with E-state index in [1.54, 1.807) is 12.1 Å². The second-order valence-corrected chi connectivity index (χ2v) is 10.9. The fourth-order valence-corrected chi connectivity index (χ4v) is 6.31. The standard InChI is InChI=1S/C30H32ClFN2O5/c1-38-24-13-11-20(28(33)35)26(27(24)32)25-21-15-30(18-5-3-2-4-6-18,39-23(21)14-12-22(25)31)16-34-19-9-7-17(8-10-19)29(36)37/h2-6,11-14,17,19,24,27,34H,7-10,15-16H2,1H3,(H2,33,35)(H,36,37)/t17-,19-,24?,27?,30-/m1/s1. The molecular weight excluding hydrogens is 523 g/mol. The number of ether oxygens (including phenoxy) is 2. The number of carboxylic acid groups (broad SMARTS) is 1. The van der Waals surface area contributed by atoms with Crippen LogP contribution in [0.15, 0.2) is 60.2 Å². The van der Waals surface area contributed by atoms with Gasteiger partial charge in [0.15, 0.2) is 11.8 Å². The minimum atomic E-state index is -1.65. The summed E-state index contributed by atoms with van der Waals surface area (Å²) in [6.45, 7) is 0.451. The third-order valence-corrected chi connectivity index (χ3v) is 8.47. The molecule has 3 atom stereocenters. The molecule has 2 unspecified atom stereocenters. The smallest absolute Gasteiger partial charge is 0.306 e.